The molecule has 17 heavy (non-hydrogen) atoms. The first-order valence-electron chi connectivity index (χ1n) is 4.29. The average molecular weight is 263 g/mol. The molecule has 0 aromatic heterocycles. The lowest BCUT2D eigenvalue weighted by molar-refractivity contribution is -0.137. The Kier molecular flexibility index (Phi) is 3.38. The molecule has 1 aromatic rings. The molecule has 1 rings (SSSR count). The van der Waals surface area contributed by atoms with Gasteiger partial charge in [-0.1, -0.05) is 5.92 Å². The third-order valence-electron chi connectivity index (χ3n) is 1.80. The molecule has 0 saturated carbocycles. The summed E-state index contributed by atoms with van der Waals surface area (Å²) in [7, 11) is -3.58. The molecule has 92 valence electrons. The van der Waals surface area contributed by atoms with Crippen molar-refractivity contribution in [2.45, 2.75) is 6.18 Å². The molecular weight excluding hydrogens is 255 g/mol. The molecule has 0 aliphatic rings. The third-order valence-corrected chi connectivity index (χ3v) is 2.39. The molecule has 1 N–H and O–H groups in total. The first kappa shape index (κ1) is 13.4. The zero-order chi connectivity index (χ0) is 13.3. The molecule has 0 aliphatic heterocycles. The fourth-order valence-corrected chi connectivity index (χ4v) is 1.71. The zero-order valence-electron chi connectivity index (χ0n) is 8.67. The van der Waals surface area contributed by atoms with Crippen molar-refractivity contribution in [2.75, 3.05) is 11.0 Å². The summed E-state index contributed by atoms with van der Waals surface area (Å²) >= 11 is 0. The SMILES string of the molecule is C#Cc1cc(C(F)(F)F)ccc1NS(C)(=O)=O. The van der Waals surface area contributed by atoms with Crippen molar-refractivity contribution in [2.24, 2.45) is 0 Å². The van der Waals surface area contributed by atoms with E-state index in [1.54, 1.807) is 0 Å². The second kappa shape index (κ2) is 4.30. The maximum absolute atomic E-state index is 12.4. The molecule has 0 bridgehead atoms. The first-order valence-corrected chi connectivity index (χ1v) is 6.18. The largest absolute Gasteiger partial charge is 0.416 e. The second-order valence-electron chi connectivity index (χ2n) is 3.28. The van der Waals surface area contributed by atoms with Crippen LogP contribution in [0.1, 0.15) is 11.1 Å². The molecule has 0 amide bonds. The Morgan fingerprint density at radius 3 is 2.35 bits per heavy atom. The lowest BCUT2D eigenvalue weighted by atomic mass is 10.1. The molecular formula is C10H8F3NO2S. The Hall–Kier alpha value is -1.68. The minimum absolute atomic E-state index is 0.0528. The van der Waals surface area contributed by atoms with Crippen LogP contribution in [0.15, 0.2) is 18.2 Å². The topological polar surface area (TPSA) is 46.2 Å². The highest BCUT2D eigenvalue weighted by molar-refractivity contribution is 7.92. The van der Waals surface area contributed by atoms with Crippen LogP contribution in [-0.4, -0.2) is 14.7 Å². The van der Waals surface area contributed by atoms with Gasteiger partial charge in [0.15, 0.2) is 0 Å². The van der Waals surface area contributed by atoms with Crippen LogP contribution < -0.4 is 4.72 Å². The van der Waals surface area contributed by atoms with Crippen LogP contribution in [0, 0.1) is 12.3 Å². The van der Waals surface area contributed by atoms with Crippen LogP contribution in [0.3, 0.4) is 0 Å². The van der Waals surface area contributed by atoms with Crippen molar-refractivity contribution in [1.82, 2.24) is 0 Å². The maximum atomic E-state index is 12.4. The molecule has 0 atom stereocenters. The number of alkyl halides is 3. The Morgan fingerprint density at radius 1 is 1.35 bits per heavy atom. The first-order chi connectivity index (χ1) is 7.63. The Morgan fingerprint density at radius 2 is 1.94 bits per heavy atom. The average Bonchev–Trinajstić information content (AvgIpc) is 2.14. The van der Waals surface area contributed by atoms with Crippen molar-refractivity contribution >= 4 is 15.7 Å². The molecule has 0 spiro atoms. The van der Waals surface area contributed by atoms with Crippen LogP contribution in [0.25, 0.3) is 0 Å². The van der Waals surface area contributed by atoms with Gasteiger partial charge in [0.05, 0.1) is 17.5 Å². The van der Waals surface area contributed by atoms with E-state index in [0.29, 0.717) is 6.07 Å². The van der Waals surface area contributed by atoms with Crippen molar-refractivity contribution in [1.29, 1.82) is 0 Å². The van der Waals surface area contributed by atoms with Gasteiger partial charge in [-0.05, 0) is 18.2 Å². The Balaban J connectivity index is 3.26. The standard InChI is InChI=1S/C10H8F3NO2S/c1-3-7-6-8(10(11,12)13)4-5-9(7)14-17(2,15)16/h1,4-6,14H,2H3. The second-order valence-corrected chi connectivity index (χ2v) is 5.03. The van der Waals surface area contributed by atoms with Crippen molar-refractivity contribution in [3.05, 3.63) is 29.3 Å². The summed E-state index contributed by atoms with van der Waals surface area (Å²) in [4.78, 5) is 0. The van der Waals surface area contributed by atoms with Crippen molar-refractivity contribution < 1.29 is 21.6 Å². The predicted molar refractivity (Wildman–Crippen MR) is 57.8 cm³/mol. The van der Waals surface area contributed by atoms with Gasteiger partial charge in [-0.15, -0.1) is 6.42 Å². The third kappa shape index (κ3) is 3.67. The zero-order valence-corrected chi connectivity index (χ0v) is 9.48. The molecule has 0 radical (unpaired) electrons. The maximum Gasteiger partial charge on any atom is 0.416 e. The molecule has 1 aromatic carbocycles. The summed E-state index contributed by atoms with van der Waals surface area (Å²) in [6.07, 6.45) is 1.39. The summed E-state index contributed by atoms with van der Waals surface area (Å²) in [6, 6.07) is 2.46. The van der Waals surface area contributed by atoms with E-state index in [4.69, 9.17) is 6.42 Å². The number of hydrogen-bond donors (Lipinski definition) is 1. The van der Waals surface area contributed by atoms with Gasteiger partial charge in [-0.25, -0.2) is 8.42 Å². The smallest absolute Gasteiger partial charge is 0.283 e. The van der Waals surface area contributed by atoms with E-state index < -0.39 is 21.8 Å². The Labute approximate surface area is 96.7 Å². The molecule has 0 heterocycles. The van der Waals surface area contributed by atoms with Gasteiger partial charge < -0.3 is 0 Å². The predicted octanol–water partition coefficient (Wildman–Crippen LogP) is 2.06. The van der Waals surface area contributed by atoms with Gasteiger partial charge in [-0.3, -0.25) is 4.72 Å². The summed E-state index contributed by atoms with van der Waals surface area (Å²) in [5, 5.41) is 0. The number of benzene rings is 1. The van der Waals surface area contributed by atoms with E-state index in [1.807, 2.05) is 10.6 Å². The number of rotatable bonds is 2. The normalized spacial score (nSPS) is 11.9. The number of sulfonamides is 1. The van der Waals surface area contributed by atoms with E-state index >= 15 is 0 Å². The molecule has 7 heteroatoms. The van der Waals surface area contributed by atoms with Crippen LogP contribution in [0.4, 0.5) is 18.9 Å². The van der Waals surface area contributed by atoms with Crippen LogP contribution >= 0.6 is 0 Å². The Bertz CT molecular complexity index is 570. The van der Waals surface area contributed by atoms with Crippen molar-refractivity contribution in [3.63, 3.8) is 0 Å². The van der Waals surface area contributed by atoms with E-state index in [-0.39, 0.29) is 11.3 Å². The van der Waals surface area contributed by atoms with E-state index in [0.717, 1.165) is 18.4 Å². The van der Waals surface area contributed by atoms with E-state index in [2.05, 4.69) is 0 Å². The van der Waals surface area contributed by atoms with Crippen LogP contribution in [0.2, 0.25) is 0 Å². The quantitative estimate of drug-likeness (QED) is 0.830. The minimum Gasteiger partial charge on any atom is -0.283 e. The number of hydrogen-bond acceptors (Lipinski definition) is 2. The number of halogens is 3. The van der Waals surface area contributed by atoms with Gasteiger partial charge in [0.1, 0.15) is 0 Å². The van der Waals surface area contributed by atoms with Gasteiger partial charge in [0, 0.05) is 5.56 Å². The van der Waals surface area contributed by atoms with Gasteiger partial charge in [-0.2, -0.15) is 13.2 Å². The molecule has 3 nitrogen and oxygen atoms in total. The fourth-order valence-electron chi connectivity index (χ4n) is 1.13. The molecule has 0 unspecified atom stereocenters. The highest BCUT2D eigenvalue weighted by Crippen LogP contribution is 2.31. The van der Waals surface area contributed by atoms with Gasteiger partial charge >= 0.3 is 6.18 Å². The lowest BCUT2D eigenvalue weighted by Gasteiger charge is -2.10. The minimum atomic E-state index is -4.52. The van der Waals surface area contributed by atoms with Gasteiger partial charge in [0.2, 0.25) is 10.0 Å². The molecule has 0 saturated heterocycles. The van der Waals surface area contributed by atoms with Crippen LogP contribution in [-0.2, 0) is 16.2 Å². The number of nitrogens with one attached hydrogen (secondary N) is 1. The lowest BCUT2D eigenvalue weighted by Crippen LogP contribution is -2.12. The highest BCUT2D eigenvalue weighted by atomic mass is 32.2. The van der Waals surface area contributed by atoms with Crippen LogP contribution in [0.5, 0.6) is 0 Å². The highest BCUT2D eigenvalue weighted by Gasteiger charge is 2.31. The van der Waals surface area contributed by atoms with E-state index in [1.165, 1.54) is 0 Å². The summed E-state index contributed by atoms with van der Waals surface area (Å²) in [6.45, 7) is 0. The summed E-state index contributed by atoms with van der Waals surface area (Å²) in [5.74, 6) is 2.00. The van der Waals surface area contributed by atoms with Crippen molar-refractivity contribution in [3.8, 4) is 12.3 Å². The summed E-state index contributed by atoms with van der Waals surface area (Å²) in [5.41, 5.74) is -1.14. The van der Waals surface area contributed by atoms with Gasteiger partial charge in [0.25, 0.3) is 0 Å². The summed E-state index contributed by atoms with van der Waals surface area (Å²) < 4.78 is 61.0. The molecule has 0 aliphatic carbocycles. The number of anilines is 1. The molecule has 0 fully saturated rings. The number of terminal acetylenes is 1. The van der Waals surface area contributed by atoms with E-state index in [9.17, 15) is 21.6 Å². The fraction of sp³-hybridized carbons (Fsp3) is 0.200. The monoisotopic (exact) mass is 263 g/mol.